The highest BCUT2D eigenvalue weighted by atomic mass is 32.2. The van der Waals surface area contributed by atoms with Crippen molar-refractivity contribution in [1.29, 1.82) is 0 Å². The molecule has 0 aromatic heterocycles. The lowest BCUT2D eigenvalue weighted by Crippen LogP contribution is -2.41. The monoisotopic (exact) mass is 371 g/mol. The molecular formula is C16H21NO7S. The molecule has 0 N–H and O–H groups in total. The van der Waals surface area contributed by atoms with Crippen molar-refractivity contribution in [2.24, 2.45) is 0 Å². The third-order valence-corrected chi connectivity index (χ3v) is 6.10. The minimum absolute atomic E-state index is 0.00734. The highest BCUT2D eigenvalue weighted by Crippen LogP contribution is 2.26. The lowest BCUT2D eigenvalue weighted by atomic mass is 10.1. The van der Waals surface area contributed by atoms with Gasteiger partial charge >= 0.3 is 11.9 Å². The highest BCUT2D eigenvalue weighted by molar-refractivity contribution is 7.89. The Hall–Kier alpha value is -1.97. The maximum atomic E-state index is 13.0. The Bertz CT molecular complexity index is 752. The maximum Gasteiger partial charge on any atom is 0.339 e. The summed E-state index contributed by atoms with van der Waals surface area (Å²) in [4.78, 5) is 23.4. The van der Waals surface area contributed by atoms with E-state index in [4.69, 9.17) is 4.74 Å². The number of piperidine rings is 1. The predicted molar refractivity (Wildman–Crippen MR) is 87.9 cm³/mol. The summed E-state index contributed by atoms with van der Waals surface area (Å²) in [5.74, 6) is -1.48. The number of ether oxygens (including phenoxy) is 3. The molecular weight excluding hydrogens is 350 g/mol. The van der Waals surface area contributed by atoms with Gasteiger partial charge in [-0.2, -0.15) is 4.31 Å². The second-order valence-electron chi connectivity index (χ2n) is 5.53. The number of rotatable bonds is 5. The van der Waals surface area contributed by atoms with Crippen molar-refractivity contribution in [2.75, 3.05) is 34.4 Å². The molecule has 0 unspecified atom stereocenters. The lowest BCUT2D eigenvalue weighted by molar-refractivity contribution is 0.0579. The van der Waals surface area contributed by atoms with Crippen LogP contribution in [-0.4, -0.2) is 65.2 Å². The number of hydrogen-bond donors (Lipinski definition) is 0. The Morgan fingerprint density at radius 1 is 1.04 bits per heavy atom. The standard InChI is InChI=1S/C16H21NO7S/c1-22-12-6-8-17(9-7-12)25(20,21)14-10-11(15(18)23-2)4-5-13(14)16(19)24-3/h4-5,10,12H,6-9H2,1-3H3. The molecule has 0 atom stereocenters. The Morgan fingerprint density at radius 3 is 2.16 bits per heavy atom. The van der Waals surface area contributed by atoms with Crippen LogP contribution in [0.25, 0.3) is 0 Å². The van der Waals surface area contributed by atoms with Gasteiger partial charge < -0.3 is 14.2 Å². The van der Waals surface area contributed by atoms with Gasteiger partial charge in [0.2, 0.25) is 10.0 Å². The van der Waals surface area contributed by atoms with E-state index in [-0.39, 0.29) is 35.2 Å². The fourth-order valence-corrected chi connectivity index (χ4v) is 4.38. The van der Waals surface area contributed by atoms with Crippen molar-refractivity contribution in [3.8, 4) is 0 Å². The first-order chi connectivity index (χ1) is 11.8. The first kappa shape index (κ1) is 19.4. The molecule has 1 aromatic rings. The maximum absolute atomic E-state index is 13.0. The summed E-state index contributed by atoms with van der Waals surface area (Å²) in [5.41, 5.74) is -0.0791. The Kier molecular flexibility index (Phi) is 6.15. The molecule has 0 aliphatic carbocycles. The van der Waals surface area contributed by atoms with Gasteiger partial charge in [0.25, 0.3) is 0 Å². The van der Waals surface area contributed by atoms with Gasteiger partial charge in [0.15, 0.2) is 0 Å². The van der Waals surface area contributed by atoms with Crippen LogP contribution < -0.4 is 0 Å². The Labute approximate surface area is 146 Å². The third kappa shape index (κ3) is 4.00. The lowest BCUT2D eigenvalue weighted by Gasteiger charge is -2.30. The first-order valence-corrected chi connectivity index (χ1v) is 9.12. The molecule has 1 aliphatic heterocycles. The summed E-state index contributed by atoms with van der Waals surface area (Å²) in [5, 5.41) is 0. The molecule has 0 bridgehead atoms. The van der Waals surface area contributed by atoms with Crippen LogP contribution in [0.3, 0.4) is 0 Å². The summed E-state index contributed by atoms with van der Waals surface area (Å²) in [6.45, 7) is 0.536. The Balaban J connectivity index is 2.46. The van der Waals surface area contributed by atoms with Gasteiger partial charge in [-0.3, -0.25) is 0 Å². The van der Waals surface area contributed by atoms with Crippen molar-refractivity contribution >= 4 is 22.0 Å². The molecule has 2 rings (SSSR count). The molecule has 1 aromatic carbocycles. The minimum Gasteiger partial charge on any atom is -0.465 e. The van der Waals surface area contributed by atoms with Crippen molar-refractivity contribution in [1.82, 2.24) is 4.31 Å². The van der Waals surface area contributed by atoms with E-state index in [9.17, 15) is 18.0 Å². The topological polar surface area (TPSA) is 99.2 Å². The zero-order valence-corrected chi connectivity index (χ0v) is 15.2. The second-order valence-corrected chi connectivity index (χ2v) is 7.44. The van der Waals surface area contributed by atoms with Gasteiger partial charge in [-0.05, 0) is 31.0 Å². The number of nitrogens with zero attached hydrogens (tertiary/aromatic N) is 1. The number of hydrogen-bond acceptors (Lipinski definition) is 7. The summed E-state index contributed by atoms with van der Waals surface area (Å²) >= 11 is 0. The van der Waals surface area contributed by atoms with Crippen LogP contribution >= 0.6 is 0 Å². The molecule has 1 heterocycles. The van der Waals surface area contributed by atoms with E-state index in [1.807, 2.05) is 0 Å². The molecule has 138 valence electrons. The van der Waals surface area contributed by atoms with E-state index in [1.54, 1.807) is 7.11 Å². The number of benzene rings is 1. The number of methoxy groups -OCH3 is 3. The number of sulfonamides is 1. The van der Waals surface area contributed by atoms with E-state index < -0.39 is 22.0 Å². The van der Waals surface area contributed by atoms with Gasteiger partial charge in [-0.15, -0.1) is 0 Å². The van der Waals surface area contributed by atoms with Crippen LogP contribution in [0.1, 0.15) is 33.6 Å². The van der Waals surface area contributed by atoms with Crippen molar-refractivity contribution in [3.63, 3.8) is 0 Å². The second kappa shape index (κ2) is 7.94. The smallest absolute Gasteiger partial charge is 0.339 e. The quantitative estimate of drug-likeness (QED) is 0.714. The molecule has 1 fully saturated rings. The van der Waals surface area contributed by atoms with Crippen LogP contribution in [0.15, 0.2) is 23.1 Å². The average Bonchev–Trinajstić information content (AvgIpc) is 2.66. The van der Waals surface area contributed by atoms with E-state index in [0.717, 1.165) is 13.2 Å². The molecule has 25 heavy (non-hydrogen) atoms. The Morgan fingerprint density at radius 2 is 1.64 bits per heavy atom. The summed E-state index contributed by atoms with van der Waals surface area (Å²) in [7, 11) is -0.0288. The first-order valence-electron chi connectivity index (χ1n) is 7.68. The van der Waals surface area contributed by atoms with E-state index >= 15 is 0 Å². The molecule has 8 nitrogen and oxygen atoms in total. The molecule has 0 radical (unpaired) electrons. The molecule has 1 aliphatic rings. The van der Waals surface area contributed by atoms with Gasteiger partial charge in [0, 0.05) is 20.2 Å². The SMILES string of the molecule is COC(=O)c1ccc(C(=O)OC)c(S(=O)(=O)N2CCC(OC)CC2)c1. The highest BCUT2D eigenvalue weighted by Gasteiger charge is 2.33. The zero-order valence-electron chi connectivity index (χ0n) is 14.4. The molecule has 9 heteroatoms. The predicted octanol–water partition coefficient (Wildman–Crippen LogP) is 1.06. The number of esters is 2. The van der Waals surface area contributed by atoms with Crippen LogP contribution in [-0.2, 0) is 24.2 Å². The zero-order chi connectivity index (χ0) is 18.6. The fourth-order valence-electron chi connectivity index (χ4n) is 2.71. The van der Waals surface area contributed by atoms with Crippen LogP contribution in [0.5, 0.6) is 0 Å². The van der Waals surface area contributed by atoms with Crippen LogP contribution in [0.2, 0.25) is 0 Å². The number of carbonyl (C=O) groups excluding carboxylic acids is 2. The van der Waals surface area contributed by atoms with Gasteiger partial charge in [-0.1, -0.05) is 0 Å². The van der Waals surface area contributed by atoms with Gasteiger partial charge in [0.1, 0.15) is 0 Å². The van der Waals surface area contributed by atoms with E-state index in [0.29, 0.717) is 12.8 Å². The van der Waals surface area contributed by atoms with Crippen LogP contribution in [0.4, 0.5) is 0 Å². The third-order valence-electron chi connectivity index (χ3n) is 4.16. The van der Waals surface area contributed by atoms with E-state index in [2.05, 4.69) is 9.47 Å². The molecule has 0 saturated carbocycles. The summed E-state index contributed by atoms with van der Waals surface area (Å²) in [6.07, 6.45) is 1.12. The minimum atomic E-state index is -3.97. The largest absolute Gasteiger partial charge is 0.465 e. The summed E-state index contributed by atoms with van der Waals surface area (Å²) < 4.78 is 41.8. The molecule has 0 spiro atoms. The van der Waals surface area contributed by atoms with Crippen LogP contribution in [0, 0.1) is 0 Å². The van der Waals surface area contributed by atoms with Crippen molar-refractivity contribution in [2.45, 2.75) is 23.8 Å². The fraction of sp³-hybridized carbons (Fsp3) is 0.500. The van der Waals surface area contributed by atoms with Gasteiger partial charge in [-0.25, -0.2) is 18.0 Å². The number of carbonyl (C=O) groups is 2. The molecule has 1 saturated heterocycles. The van der Waals surface area contributed by atoms with Gasteiger partial charge in [0.05, 0.1) is 36.3 Å². The molecule has 0 amide bonds. The van der Waals surface area contributed by atoms with E-state index in [1.165, 1.54) is 23.5 Å². The summed E-state index contributed by atoms with van der Waals surface area (Å²) in [6, 6.07) is 3.73. The normalized spacial score (nSPS) is 16.4. The van der Waals surface area contributed by atoms with Crippen molar-refractivity contribution < 1.29 is 32.2 Å². The van der Waals surface area contributed by atoms with Crippen molar-refractivity contribution in [3.05, 3.63) is 29.3 Å². The average molecular weight is 371 g/mol.